The smallest absolute Gasteiger partial charge is 0.163 e. The van der Waals surface area contributed by atoms with Gasteiger partial charge in [0.1, 0.15) is 11.6 Å². The van der Waals surface area contributed by atoms with Crippen molar-refractivity contribution >= 4 is 16.9 Å². The number of hydrogen-bond donors (Lipinski definition) is 1. The van der Waals surface area contributed by atoms with E-state index in [9.17, 15) is 0 Å². The second-order valence-electron chi connectivity index (χ2n) is 6.47. The van der Waals surface area contributed by atoms with Crippen LogP contribution in [0.15, 0.2) is 24.4 Å². The lowest BCUT2D eigenvalue weighted by Crippen LogP contribution is -2.10. The van der Waals surface area contributed by atoms with Crippen molar-refractivity contribution in [2.24, 2.45) is 7.05 Å². The molecular weight excluding hydrogens is 330 g/mol. The highest BCUT2D eigenvalue weighted by Gasteiger charge is 2.16. The molecule has 3 heterocycles. The predicted octanol–water partition coefficient (Wildman–Crippen LogP) is 3.26. The van der Waals surface area contributed by atoms with Crippen LogP contribution in [-0.4, -0.2) is 33.0 Å². The number of rotatable bonds is 4. The summed E-state index contributed by atoms with van der Waals surface area (Å²) in [6.07, 6.45) is 3.48. The van der Waals surface area contributed by atoms with Gasteiger partial charge >= 0.3 is 0 Å². The van der Waals surface area contributed by atoms with Crippen LogP contribution in [0.1, 0.15) is 37.7 Å². The molecule has 1 aromatic carbocycles. The van der Waals surface area contributed by atoms with E-state index in [2.05, 4.69) is 40.3 Å². The van der Waals surface area contributed by atoms with E-state index in [1.165, 1.54) is 0 Å². The minimum Gasteiger partial charge on any atom is -0.490 e. The first-order chi connectivity index (χ1) is 12.7. The van der Waals surface area contributed by atoms with Gasteiger partial charge in [0, 0.05) is 19.9 Å². The standard InChI is InChI=1S/C19H23N5O2/c1-4-17-22-18(14-11-20-24(3)19(14)23-17)21-12(2)13-6-7-15-16(10-13)26-9-5-8-25-15/h6-7,10-12H,4-5,8-9H2,1-3H3,(H,21,22,23)/t12-/m1/s1. The van der Waals surface area contributed by atoms with E-state index in [4.69, 9.17) is 9.47 Å². The summed E-state index contributed by atoms with van der Waals surface area (Å²) in [5, 5.41) is 8.75. The van der Waals surface area contributed by atoms with E-state index in [0.29, 0.717) is 13.2 Å². The van der Waals surface area contributed by atoms with Crippen molar-refractivity contribution in [2.45, 2.75) is 32.7 Å². The third-order valence-electron chi connectivity index (χ3n) is 4.58. The van der Waals surface area contributed by atoms with Gasteiger partial charge in [0.2, 0.25) is 0 Å². The van der Waals surface area contributed by atoms with Gasteiger partial charge in [0.15, 0.2) is 17.1 Å². The lowest BCUT2D eigenvalue weighted by atomic mass is 10.1. The molecule has 0 spiro atoms. The molecule has 4 rings (SSSR count). The van der Waals surface area contributed by atoms with Crippen LogP contribution in [0.4, 0.5) is 5.82 Å². The molecule has 0 saturated heterocycles. The van der Waals surface area contributed by atoms with Gasteiger partial charge in [-0.1, -0.05) is 13.0 Å². The number of fused-ring (bicyclic) bond motifs is 2. The largest absolute Gasteiger partial charge is 0.490 e. The lowest BCUT2D eigenvalue weighted by Gasteiger charge is -2.18. The van der Waals surface area contributed by atoms with E-state index in [1.807, 2.05) is 19.2 Å². The summed E-state index contributed by atoms with van der Waals surface area (Å²) in [5.41, 5.74) is 1.95. The summed E-state index contributed by atoms with van der Waals surface area (Å²) in [5.74, 6) is 3.22. The lowest BCUT2D eigenvalue weighted by molar-refractivity contribution is 0.297. The summed E-state index contributed by atoms with van der Waals surface area (Å²) in [6, 6.07) is 6.13. The molecule has 0 unspecified atom stereocenters. The molecule has 1 aliphatic heterocycles. The molecule has 136 valence electrons. The van der Waals surface area contributed by atoms with Gasteiger partial charge in [-0.2, -0.15) is 5.10 Å². The predicted molar refractivity (Wildman–Crippen MR) is 99.8 cm³/mol. The maximum Gasteiger partial charge on any atom is 0.163 e. The molecule has 1 N–H and O–H groups in total. The van der Waals surface area contributed by atoms with Gasteiger partial charge < -0.3 is 14.8 Å². The molecule has 0 bridgehead atoms. The molecule has 1 atom stereocenters. The maximum atomic E-state index is 5.81. The second kappa shape index (κ2) is 6.82. The first kappa shape index (κ1) is 16.6. The fourth-order valence-electron chi connectivity index (χ4n) is 3.07. The molecule has 3 aromatic rings. The van der Waals surface area contributed by atoms with E-state index in [1.54, 1.807) is 10.9 Å². The minimum atomic E-state index is 0.0511. The SMILES string of the molecule is CCc1nc(N[C@H](C)c2ccc3c(c2)OCCCO3)c2cnn(C)c2n1. The zero-order valence-electron chi connectivity index (χ0n) is 15.3. The second-order valence-corrected chi connectivity index (χ2v) is 6.47. The van der Waals surface area contributed by atoms with Crippen molar-refractivity contribution in [3.8, 4) is 11.5 Å². The number of nitrogens with zero attached hydrogens (tertiary/aromatic N) is 4. The van der Waals surface area contributed by atoms with Crippen molar-refractivity contribution in [3.63, 3.8) is 0 Å². The first-order valence-corrected chi connectivity index (χ1v) is 9.00. The molecule has 1 aliphatic rings. The highest BCUT2D eigenvalue weighted by Crippen LogP contribution is 2.33. The van der Waals surface area contributed by atoms with Crippen LogP contribution in [0.5, 0.6) is 11.5 Å². The number of hydrogen-bond acceptors (Lipinski definition) is 6. The number of aryl methyl sites for hydroxylation is 2. The fourth-order valence-corrected chi connectivity index (χ4v) is 3.07. The van der Waals surface area contributed by atoms with Crippen molar-refractivity contribution in [2.75, 3.05) is 18.5 Å². The molecule has 0 saturated carbocycles. The van der Waals surface area contributed by atoms with E-state index in [0.717, 1.165) is 52.6 Å². The molecule has 7 heteroatoms. The molecule has 0 radical (unpaired) electrons. The average Bonchev–Trinajstić information content (AvgIpc) is 2.88. The molecule has 0 aliphatic carbocycles. The van der Waals surface area contributed by atoms with Crippen LogP contribution < -0.4 is 14.8 Å². The Balaban J connectivity index is 1.65. The maximum absolute atomic E-state index is 5.81. The normalized spacial score (nSPS) is 14.9. The molecule has 0 fully saturated rings. The van der Waals surface area contributed by atoms with Gasteiger partial charge in [-0.05, 0) is 24.6 Å². The Morgan fingerprint density at radius 1 is 1.19 bits per heavy atom. The van der Waals surface area contributed by atoms with Gasteiger partial charge in [-0.3, -0.25) is 4.68 Å². The third kappa shape index (κ3) is 3.05. The Morgan fingerprint density at radius 3 is 2.81 bits per heavy atom. The zero-order chi connectivity index (χ0) is 18.1. The van der Waals surface area contributed by atoms with Crippen LogP contribution in [0, 0.1) is 0 Å². The molecule has 7 nitrogen and oxygen atoms in total. The van der Waals surface area contributed by atoms with Gasteiger partial charge in [-0.15, -0.1) is 0 Å². The van der Waals surface area contributed by atoms with Crippen LogP contribution in [0.2, 0.25) is 0 Å². The monoisotopic (exact) mass is 353 g/mol. The summed E-state index contributed by atoms with van der Waals surface area (Å²) in [4.78, 5) is 9.24. The fraction of sp³-hybridized carbons (Fsp3) is 0.421. The minimum absolute atomic E-state index is 0.0511. The number of aromatic nitrogens is 4. The Kier molecular flexibility index (Phi) is 4.36. The number of ether oxygens (including phenoxy) is 2. The summed E-state index contributed by atoms with van der Waals surface area (Å²) in [6.45, 7) is 5.53. The van der Waals surface area contributed by atoms with E-state index >= 15 is 0 Å². The van der Waals surface area contributed by atoms with E-state index < -0.39 is 0 Å². The van der Waals surface area contributed by atoms with Gasteiger partial charge in [0.25, 0.3) is 0 Å². The quantitative estimate of drug-likeness (QED) is 0.776. The molecule has 0 amide bonds. The number of anilines is 1. The summed E-state index contributed by atoms with van der Waals surface area (Å²) in [7, 11) is 1.89. The average molecular weight is 353 g/mol. The highest BCUT2D eigenvalue weighted by molar-refractivity contribution is 5.86. The van der Waals surface area contributed by atoms with Crippen LogP contribution in [0.3, 0.4) is 0 Å². The highest BCUT2D eigenvalue weighted by atomic mass is 16.5. The third-order valence-corrected chi connectivity index (χ3v) is 4.58. The first-order valence-electron chi connectivity index (χ1n) is 9.00. The Morgan fingerprint density at radius 2 is 2.00 bits per heavy atom. The van der Waals surface area contributed by atoms with Crippen molar-refractivity contribution in [1.82, 2.24) is 19.7 Å². The Bertz CT molecular complexity index is 937. The molecular formula is C19H23N5O2. The topological polar surface area (TPSA) is 74.1 Å². The van der Waals surface area contributed by atoms with Crippen molar-refractivity contribution < 1.29 is 9.47 Å². The van der Waals surface area contributed by atoms with Gasteiger partial charge in [0.05, 0.1) is 30.8 Å². The number of benzene rings is 1. The van der Waals surface area contributed by atoms with E-state index in [-0.39, 0.29) is 6.04 Å². The van der Waals surface area contributed by atoms with Crippen LogP contribution in [0.25, 0.3) is 11.0 Å². The zero-order valence-corrected chi connectivity index (χ0v) is 15.3. The Labute approximate surface area is 152 Å². The molecule has 2 aromatic heterocycles. The van der Waals surface area contributed by atoms with Crippen LogP contribution >= 0.6 is 0 Å². The van der Waals surface area contributed by atoms with Crippen LogP contribution in [-0.2, 0) is 13.5 Å². The summed E-state index contributed by atoms with van der Waals surface area (Å²) >= 11 is 0. The molecule has 26 heavy (non-hydrogen) atoms. The van der Waals surface area contributed by atoms with Crippen molar-refractivity contribution in [1.29, 1.82) is 0 Å². The summed E-state index contributed by atoms with van der Waals surface area (Å²) < 4.78 is 13.3. The number of nitrogens with one attached hydrogen (secondary N) is 1. The van der Waals surface area contributed by atoms with Crippen molar-refractivity contribution in [3.05, 3.63) is 35.8 Å². The Hall–Kier alpha value is -2.83. The van der Waals surface area contributed by atoms with Gasteiger partial charge in [-0.25, -0.2) is 9.97 Å².